The van der Waals surface area contributed by atoms with Crippen molar-refractivity contribution in [3.8, 4) is 0 Å². The van der Waals surface area contributed by atoms with E-state index in [4.69, 9.17) is 4.74 Å². The molecule has 0 aromatic rings. The zero-order valence-corrected chi connectivity index (χ0v) is 11.6. The Kier molecular flexibility index (Phi) is 5.15. The normalized spacial score (nSPS) is 30.4. The van der Waals surface area contributed by atoms with Crippen LogP contribution in [0.4, 0.5) is 0 Å². The molecule has 0 aromatic carbocycles. The third kappa shape index (κ3) is 3.60. The first kappa shape index (κ1) is 13.7. The van der Waals surface area contributed by atoms with Crippen molar-refractivity contribution in [1.82, 2.24) is 5.32 Å². The minimum Gasteiger partial charge on any atom is -0.395 e. The molecule has 0 aliphatic carbocycles. The maximum absolute atomic E-state index is 9.26. The second kappa shape index (κ2) is 6.41. The van der Waals surface area contributed by atoms with Gasteiger partial charge in [-0.1, -0.05) is 6.92 Å². The van der Waals surface area contributed by atoms with Crippen molar-refractivity contribution in [3.05, 3.63) is 0 Å². The van der Waals surface area contributed by atoms with Crippen molar-refractivity contribution in [1.29, 1.82) is 0 Å². The van der Waals surface area contributed by atoms with E-state index >= 15 is 0 Å². The Morgan fingerprint density at radius 1 is 1.47 bits per heavy atom. The van der Waals surface area contributed by atoms with Gasteiger partial charge in [0.1, 0.15) is 0 Å². The van der Waals surface area contributed by atoms with E-state index in [9.17, 15) is 5.11 Å². The number of aliphatic hydroxyl groups is 1. The SMILES string of the molecule is CCC(CO)NC1CCOC2(CCSCC2)C1. The Bertz CT molecular complexity index is 222. The Balaban J connectivity index is 1.87. The summed E-state index contributed by atoms with van der Waals surface area (Å²) in [4.78, 5) is 0. The topological polar surface area (TPSA) is 41.5 Å². The number of nitrogens with one attached hydrogen (secondary N) is 1. The smallest absolute Gasteiger partial charge is 0.0713 e. The summed E-state index contributed by atoms with van der Waals surface area (Å²) in [5, 5.41) is 12.9. The van der Waals surface area contributed by atoms with Crippen molar-refractivity contribution in [3.63, 3.8) is 0 Å². The Hall–Kier alpha value is 0.230. The molecular weight excluding hydrogens is 234 g/mol. The van der Waals surface area contributed by atoms with Crippen LogP contribution in [0.2, 0.25) is 0 Å². The first-order chi connectivity index (χ1) is 8.28. The number of thioether (sulfide) groups is 1. The van der Waals surface area contributed by atoms with Crippen molar-refractivity contribution in [2.24, 2.45) is 0 Å². The number of rotatable bonds is 4. The highest BCUT2D eigenvalue weighted by atomic mass is 32.2. The maximum Gasteiger partial charge on any atom is 0.0713 e. The van der Waals surface area contributed by atoms with Gasteiger partial charge in [-0.15, -0.1) is 0 Å². The summed E-state index contributed by atoms with van der Waals surface area (Å²) in [6.45, 7) is 3.25. The van der Waals surface area contributed by atoms with Crippen LogP contribution in [0.5, 0.6) is 0 Å². The summed E-state index contributed by atoms with van der Waals surface area (Å²) in [7, 11) is 0. The first-order valence-corrected chi connectivity index (χ1v) is 8.02. The lowest BCUT2D eigenvalue weighted by Gasteiger charge is -2.44. The molecular formula is C13H25NO2S. The molecule has 0 radical (unpaired) electrons. The van der Waals surface area contributed by atoms with Crippen molar-refractivity contribution >= 4 is 11.8 Å². The average Bonchev–Trinajstić information content (AvgIpc) is 2.37. The molecule has 2 aliphatic heterocycles. The zero-order valence-electron chi connectivity index (χ0n) is 10.8. The van der Waals surface area contributed by atoms with Crippen molar-refractivity contribution < 1.29 is 9.84 Å². The lowest BCUT2D eigenvalue weighted by Crippen LogP contribution is -2.51. The predicted molar refractivity (Wildman–Crippen MR) is 72.6 cm³/mol. The van der Waals surface area contributed by atoms with Crippen LogP contribution in [-0.4, -0.2) is 47.5 Å². The van der Waals surface area contributed by atoms with Crippen LogP contribution in [-0.2, 0) is 4.74 Å². The number of ether oxygens (including phenoxy) is 1. The number of aliphatic hydroxyl groups excluding tert-OH is 1. The molecule has 100 valence electrons. The van der Waals surface area contributed by atoms with Crippen LogP contribution in [0.15, 0.2) is 0 Å². The molecule has 2 fully saturated rings. The first-order valence-electron chi connectivity index (χ1n) is 6.86. The van der Waals surface area contributed by atoms with Crippen LogP contribution in [0.1, 0.15) is 39.0 Å². The molecule has 0 aromatic heterocycles. The second-order valence-electron chi connectivity index (χ2n) is 5.29. The van der Waals surface area contributed by atoms with Crippen LogP contribution in [0, 0.1) is 0 Å². The van der Waals surface area contributed by atoms with Gasteiger partial charge in [-0.2, -0.15) is 11.8 Å². The van der Waals surface area contributed by atoms with Gasteiger partial charge >= 0.3 is 0 Å². The standard InChI is InChI=1S/C13H25NO2S/c1-2-11(10-15)14-12-3-6-16-13(9-12)4-7-17-8-5-13/h11-12,14-15H,2-10H2,1H3. The van der Waals surface area contributed by atoms with Gasteiger partial charge in [0, 0.05) is 18.7 Å². The second-order valence-corrected chi connectivity index (χ2v) is 6.51. The Morgan fingerprint density at radius 3 is 2.88 bits per heavy atom. The molecule has 0 bridgehead atoms. The summed E-state index contributed by atoms with van der Waals surface area (Å²) in [5.74, 6) is 2.48. The molecule has 2 saturated heterocycles. The van der Waals surface area contributed by atoms with E-state index in [-0.39, 0.29) is 18.2 Å². The van der Waals surface area contributed by atoms with Gasteiger partial charge in [0.15, 0.2) is 0 Å². The highest BCUT2D eigenvalue weighted by Gasteiger charge is 2.38. The minimum atomic E-state index is 0.148. The van der Waals surface area contributed by atoms with Gasteiger partial charge in [0.25, 0.3) is 0 Å². The number of hydrogen-bond donors (Lipinski definition) is 2. The van der Waals surface area contributed by atoms with Gasteiger partial charge in [-0.05, 0) is 43.6 Å². The lowest BCUT2D eigenvalue weighted by atomic mass is 9.85. The quantitative estimate of drug-likeness (QED) is 0.808. The summed E-state index contributed by atoms with van der Waals surface area (Å²) in [6, 6.07) is 0.789. The molecule has 3 nitrogen and oxygen atoms in total. The van der Waals surface area contributed by atoms with Gasteiger partial charge in [0.2, 0.25) is 0 Å². The highest BCUT2D eigenvalue weighted by molar-refractivity contribution is 7.99. The Labute approximate surface area is 109 Å². The van der Waals surface area contributed by atoms with E-state index in [0.717, 1.165) is 25.9 Å². The van der Waals surface area contributed by atoms with E-state index in [1.165, 1.54) is 24.3 Å². The molecule has 2 aliphatic rings. The molecule has 2 N–H and O–H groups in total. The van der Waals surface area contributed by atoms with Gasteiger partial charge in [0.05, 0.1) is 12.2 Å². The van der Waals surface area contributed by atoms with Gasteiger partial charge in [-0.25, -0.2) is 0 Å². The van der Waals surface area contributed by atoms with E-state index in [1.54, 1.807) is 0 Å². The van der Waals surface area contributed by atoms with Crippen LogP contribution in [0.25, 0.3) is 0 Å². The van der Waals surface area contributed by atoms with Crippen molar-refractivity contribution in [2.75, 3.05) is 24.7 Å². The van der Waals surface area contributed by atoms with Crippen molar-refractivity contribution in [2.45, 2.75) is 56.7 Å². The largest absolute Gasteiger partial charge is 0.395 e. The van der Waals surface area contributed by atoms with Crippen LogP contribution >= 0.6 is 11.8 Å². The van der Waals surface area contributed by atoms with E-state index in [2.05, 4.69) is 12.2 Å². The molecule has 2 heterocycles. The third-order valence-corrected chi connectivity index (χ3v) is 5.07. The Morgan fingerprint density at radius 2 is 2.24 bits per heavy atom. The number of hydrogen-bond acceptors (Lipinski definition) is 4. The summed E-state index contributed by atoms with van der Waals surface area (Å²) < 4.78 is 6.07. The fraction of sp³-hybridized carbons (Fsp3) is 1.00. The molecule has 1 spiro atoms. The third-order valence-electron chi connectivity index (χ3n) is 4.08. The fourth-order valence-corrected chi connectivity index (χ4v) is 4.13. The molecule has 2 atom stereocenters. The molecule has 2 rings (SSSR count). The van der Waals surface area contributed by atoms with Crippen LogP contribution in [0.3, 0.4) is 0 Å². The molecule has 0 amide bonds. The molecule has 0 saturated carbocycles. The fourth-order valence-electron chi connectivity index (χ4n) is 2.89. The highest BCUT2D eigenvalue weighted by Crippen LogP contribution is 2.37. The summed E-state index contributed by atoms with van der Waals surface area (Å²) >= 11 is 2.05. The monoisotopic (exact) mass is 259 g/mol. The van der Waals surface area contributed by atoms with Gasteiger partial charge < -0.3 is 15.2 Å². The predicted octanol–water partition coefficient (Wildman–Crippen LogP) is 1.79. The summed E-state index contributed by atoms with van der Waals surface area (Å²) in [5.41, 5.74) is 0.148. The minimum absolute atomic E-state index is 0.148. The molecule has 2 unspecified atom stereocenters. The average molecular weight is 259 g/mol. The lowest BCUT2D eigenvalue weighted by molar-refractivity contribution is -0.0947. The summed E-state index contributed by atoms with van der Waals surface area (Å²) in [6.07, 6.45) is 5.61. The van der Waals surface area contributed by atoms with E-state index < -0.39 is 0 Å². The van der Waals surface area contributed by atoms with Crippen LogP contribution < -0.4 is 5.32 Å². The van der Waals surface area contributed by atoms with E-state index in [0.29, 0.717) is 6.04 Å². The maximum atomic E-state index is 9.26. The zero-order chi connectivity index (χ0) is 12.1. The van der Waals surface area contributed by atoms with E-state index in [1.807, 2.05) is 11.8 Å². The molecule has 4 heteroatoms. The molecule has 17 heavy (non-hydrogen) atoms. The van der Waals surface area contributed by atoms with Gasteiger partial charge in [-0.3, -0.25) is 0 Å².